The highest BCUT2D eigenvalue weighted by Crippen LogP contribution is 2.36. The predicted molar refractivity (Wildman–Crippen MR) is 86.2 cm³/mol. The average molecular weight is 345 g/mol. The van der Waals surface area contributed by atoms with E-state index in [1.54, 1.807) is 31.2 Å². The molecule has 0 spiro atoms. The number of nitrogens with zero attached hydrogens (tertiary/aromatic N) is 1. The normalized spacial score (nSPS) is 22.9. The van der Waals surface area contributed by atoms with Crippen LogP contribution in [0.1, 0.15) is 40.5 Å². The van der Waals surface area contributed by atoms with Crippen molar-refractivity contribution in [1.29, 1.82) is 0 Å². The summed E-state index contributed by atoms with van der Waals surface area (Å²) in [6.45, 7) is 1.56. The predicted octanol–water partition coefficient (Wildman–Crippen LogP) is 0.244. The lowest BCUT2D eigenvalue weighted by molar-refractivity contribution is -0.137. The van der Waals surface area contributed by atoms with Crippen LogP contribution in [-0.2, 0) is 14.3 Å². The quantitative estimate of drug-likeness (QED) is 0.601. The van der Waals surface area contributed by atoms with Crippen LogP contribution in [-0.4, -0.2) is 47.8 Å². The van der Waals surface area contributed by atoms with Crippen molar-refractivity contribution in [3.8, 4) is 0 Å². The van der Waals surface area contributed by atoms with Crippen molar-refractivity contribution >= 4 is 23.6 Å². The molecule has 1 aromatic rings. The van der Waals surface area contributed by atoms with Crippen molar-refractivity contribution in [2.24, 2.45) is 5.92 Å². The number of nitrogens with one attached hydrogen (secondary N) is 2. The van der Waals surface area contributed by atoms with Gasteiger partial charge in [0.25, 0.3) is 17.7 Å². The summed E-state index contributed by atoms with van der Waals surface area (Å²) in [4.78, 5) is 49.6. The average Bonchev–Trinajstić information content (AvgIpc) is 2.83. The molecule has 0 unspecified atom stereocenters. The number of amides is 4. The SMILES string of the molecule is CO[C@H](C)C(=O)NNC(=O)[C@H]1C[C@H](N2C(=O)c3ccccc3C2=O)C1. The number of benzene rings is 1. The minimum absolute atomic E-state index is 0.295. The van der Waals surface area contributed by atoms with Crippen molar-refractivity contribution in [3.63, 3.8) is 0 Å². The van der Waals surface area contributed by atoms with Gasteiger partial charge in [-0.25, -0.2) is 0 Å². The van der Waals surface area contributed by atoms with Crippen LogP contribution < -0.4 is 10.9 Å². The van der Waals surface area contributed by atoms with Crippen molar-refractivity contribution in [1.82, 2.24) is 15.8 Å². The van der Waals surface area contributed by atoms with Gasteiger partial charge in [0.1, 0.15) is 6.10 Å². The Balaban J connectivity index is 1.53. The topological polar surface area (TPSA) is 105 Å². The zero-order chi connectivity index (χ0) is 18.1. The second-order valence-corrected chi connectivity index (χ2v) is 6.20. The molecule has 1 aliphatic heterocycles. The molecule has 2 N–H and O–H groups in total. The molecule has 0 saturated heterocycles. The van der Waals surface area contributed by atoms with Gasteiger partial charge in [-0.15, -0.1) is 0 Å². The molecule has 8 heteroatoms. The first kappa shape index (κ1) is 17.1. The molecule has 8 nitrogen and oxygen atoms in total. The van der Waals surface area contributed by atoms with E-state index in [2.05, 4.69) is 10.9 Å². The van der Waals surface area contributed by atoms with Crippen LogP contribution in [0.15, 0.2) is 24.3 Å². The maximum Gasteiger partial charge on any atom is 0.267 e. The van der Waals surface area contributed by atoms with Crippen LogP contribution in [0.25, 0.3) is 0 Å². The summed E-state index contributed by atoms with van der Waals surface area (Å²) in [5.41, 5.74) is 5.44. The first-order valence-electron chi connectivity index (χ1n) is 8.03. The lowest BCUT2D eigenvalue weighted by Gasteiger charge is -2.39. The molecule has 3 rings (SSSR count). The highest BCUT2D eigenvalue weighted by Gasteiger charge is 2.46. The minimum Gasteiger partial charge on any atom is -0.372 e. The summed E-state index contributed by atoms with van der Waals surface area (Å²) in [5, 5.41) is 0. The highest BCUT2D eigenvalue weighted by atomic mass is 16.5. The largest absolute Gasteiger partial charge is 0.372 e. The van der Waals surface area contributed by atoms with E-state index in [0.29, 0.717) is 24.0 Å². The van der Waals surface area contributed by atoms with Gasteiger partial charge < -0.3 is 4.74 Å². The molecule has 2 aliphatic rings. The number of rotatable bonds is 4. The molecule has 1 atom stereocenters. The number of fused-ring (bicyclic) bond motifs is 1. The molecule has 1 aromatic carbocycles. The van der Waals surface area contributed by atoms with Gasteiger partial charge >= 0.3 is 0 Å². The number of hydrogen-bond acceptors (Lipinski definition) is 5. The van der Waals surface area contributed by atoms with Crippen LogP contribution in [0.2, 0.25) is 0 Å². The Hall–Kier alpha value is -2.74. The summed E-state index contributed by atoms with van der Waals surface area (Å²) < 4.78 is 4.84. The van der Waals surface area contributed by atoms with Crippen LogP contribution in [0, 0.1) is 5.92 Å². The van der Waals surface area contributed by atoms with Gasteiger partial charge in [-0.1, -0.05) is 12.1 Å². The fraction of sp³-hybridized carbons (Fsp3) is 0.412. The molecule has 0 bridgehead atoms. The van der Waals surface area contributed by atoms with E-state index < -0.39 is 12.0 Å². The van der Waals surface area contributed by atoms with E-state index in [-0.39, 0.29) is 29.7 Å². The van der Waals surface area contributed by atoms with Crippen LogP contribution in [0.5, 0.6) is 0 Å². The Labute approximate surface area is 144 Å². The van der Waals surface area contributed by atoms with Crippen LogP contribution in [0.4, 0.5) is 0 Å². The van der Waals surface area contributed by atoms with Gasteiger partial charge in [0, 0.05) is 19.1 Å². The van der Waals surface area contributed by atoms with Gasteiger partial charge in [0.2, 0.25) is 5.91 Å². The number of carbonyl (C=O) groups is 4. The number of hydrazine groups is 1. The van der Waals surface area contributed by atoms with E-state index >= 15 is 0 Å². The summed E-state index contributed by atoms with van der Waals surface area (Å²) in [6.07, 6.45) is 0.0906. The molecule has 1 saturated carbocycles. The number of imide groups is 1. The van der Waals surface area contributed by atoms with Gasteiger partial charge in [0.15, 0.2) is 0 Å². The molecule has 132 valence electrons. The van der Waals surface area contributed by atoms with Crippen molar-refractivity contribution in [2.75, 3.05) is 7.11 Å². The molecular formula is C17H19N3O5. The van der Waals surface area contributed by atoms with Crippen LogP contribution >= 0.6 is 0 Å². The van der Waals surface area contributed by atoms with E-state index in [1.165, 1.54) is 12.0 Å². The number of methoxy groups -OCH3 is 1. The van der Waals surface area contributed by atoms with Gasteiger partial charge in [-0.3, -0.25) is 34.9 Å². The fourth-order valence-electron chi connectivity index (χ4n) is 2.99. The lowest BCUT2D eigenvalue weighted by atomic mass is 9.79. The molecule has 1 fully saturated rings. The maximum absolute atomic E-state index is 12.4. The van der Waals surface area contributed by atoms with Crippen molar-refractivity contribution < 1.29 is 23.9 Å². The molecular weight excluding hydrogens is 326 g/mol. The van der Waals surface area contributed by atoms with Crippen LogP contribution in [0.3, 0.4) is 0 Å². The first-order valence-corrected chi connectivity index (χ1v) is 8.03. The Morgan fingerprint density at radius 3 is 2.20 bits per heavy atom. The van der Waals surface area contributed by atoms with Crippen molar-refractivity contribution in [3.05, 3.63) is 35.4 Å². The Morgan fingerprint density at radius 1 is 1.12 bits per heavy atom. The Morgan fingerprint density at radius 2 is 1.68 bits per heavy atom. The fourth-order valence-corrected chi connectivity index (χ4v) is 2.99. The third kappa shape index (κ3) is 3.00. The zero-order valence-electron chi connectivity index (χ0n) is 13.9. The van der Waals surface area contributed by atoms with Crippen molar-refractivity contribution in [2.45, 2.75) is 31.9 Å². The third-order valence-corrected chi connectivity index (χ3v) is 4.71. The minimum atomic E-state index is -0.673. The second kappa shape index (κ2) is 6.64. The smallest absolute Gasteiger partial charge is 0.267 e. The monoisotopic (exact) mass is 345 g/mol. The molecule has 25 heavy (non-hydrogen) atoms. The van der Waals surface area contributed by atoms with E-state index in [4.69, 9.17) is 4.74 Å². The zero-order valence-corrected chi connectivity index (χ0v) is 13.9. The maximum atomic E-state index is 12.4. The molecule has 4 amide bonds. The lowest BCUT2D eigenvalue weighted by Crippen LogP contribution is -2.55. The van der Waals surface area contributed by atoms with Gasteiger partial charge in [0.05, 0.1) is 11.1 Å². The summed E-state index contributed by atoms with van der Waals surface area (Å²) in [6, 6.07) is 6.40. The number of hydrogen-bond donors (Lipinski definition) is 2. The number of ether oxygens (including phenoxy) is 1. The Kier molecular flexibility index (Phi) is 4.54. The molecule has 0 radical (unpaired) electrons. The second-order valence-electron chi connectivity index (χ2n) is 6.20. The van der Waals surface area contributed by atoms with E-state index in [1.807, 2.05) is 0 Å². The summed E-state index contributed by atoms with van der Waals surface area (Å²) >= 11 is 0. The summed E-state index contributed by atoms with van der Waals surface area (Å²) in [5.74, 6) is -1.78. The third-order valence-electron chi connectivity index (χ3n) is 4.71. The van der Waals surface area contributed by atoms with Gasteiger partial charge in [-0.2, -0.15) is 0 Å². The molecule has 0 aromatic heterocycles. The highest BCUT2D eigenvalue weighted by molar-refractivity contribution is 6.21. The summed E-state index contributed by atoms with van der Waals surface area (Å²) in [7, 11) is 1.39. The van der Waals surface area contributed by atoms with Gasteiger partial charge in [-0.05, 0) is 31.9 Å². The standard InChI is InChI=1S/C17H19N3O5/c1-9(25-2)14(21)18-19-15(22)10-7-11(8-10)20-16(23)12-5-3-4-6-13(12)17(20)24/h3-6,9-11H,7-8H2,1-2H3,(H,18,21)(H,19,22)/t9-,10-,11-/m1/s1. The Bertz CT molecular complexity index is 707. The molecule has 1 heterocycles. The first-order chi connectivity index (χ1) is 11.9. The number of carbonyl (C=O) groups excluding carboxylic acids is 4. The van der Waals surface area contributed by atoms with E-state index in [0.717, 1.165) is 0 Å². The van der Waals surface area contributed by atoms with E-state index in [9.17, 15) is 19.2 Å². The molecule has 1 aliphatic carbocycles.